The molecule has 0 unspecified atom stereocenters. The van der Waals surface area contributed by atoms with Crippen molar-refractivity contribution in [2.24, 2.45) is 5.92 Å². The van der Waals surface area contributed by atoms with Gasteiger partial charge in [0.25, 0.3) is 0 Å². The average Bonchev–Trinajstić information content (AvgIpc) is 3.61. The Morgan fingerprint density at radius 2 is 1.88 bits per heavy atom. The molecule has 2 saturated carbocycles. The second kappa shape index (κ2) is 14.6. The lowest BCUT2D eigenvalue weighted by Crippen LogP contribution is -2.56. The number of ether oxygens (including phenoxy) is 3. The van der Waals surface area contributed by atoms with E-state index >= 15 is 0 Å². The van der Waals surface area contributed by atoms with Gasteiger partial charge in [-0.1, -0.05) is 25.0 Å². The Morgan fingerprint density at radius 1 is 1.06 bits per heavy atom. The number of carbonyl (C=O) groups is 4. The summed E-state index contributed by atoms with van der Waals surface area (Å²) in [4.78, 5) is 60.3. The molecule has 51 heavy (non-hydrogen) atoms. The number of methoxy groups -OCH3 is 1. The van der Waals surface area contributed by atoms with E-state index in [1.165, 1.54) is 4.90 Å². The first-order valence-corrected chi connectivity index (χ1v) is 17.9. The molecule has 3 N–H and O–H groups in total. The summed E-state index contributed by atoms with van der Waals surface area (Å²) in [6.45, 7) is 0.0350. The van der Waals surface area contributed by atoms with Crippen molar-refractivity contribution in [1.82, 2.24) is 30.3 Å². The number of nitrogens with one attached hydrogen (secondary N) is 2. The number of hydrogen-bond donors (Lipinski definition) is 3. The van der Waals surface area contributed by atoms with Gasteiger partial charge in [0, 0.05) is 42.3 Å². The van der Waals surface area contributed by atoms with E-state index < -0.39 is 47.6 Å². The zero-order valence-corrected chi connectivity index (χ0v) is 28.7. The summed E-state index contributed by atoms with van der Waals surface area (Å²) < 4.78 is 19.3. The fourth-order valence-corrected chi connectivity index (χ4v) is 7.57. The van der Waals surface area contributed by atoms with Crippen LogP contribution in [0.1, 0.15) is 70.6 Å². The first kappa shape index (κ1) is 34.3. The monoisotopic (exact) mass is 700 g/mol. The number of aromatic nitrogens is 3. The van der Waals surface area contributed by atoms with E-state index in [1.807, 2.05) is 18.2 Å². The summed E-state index contributed by atoms with van der Waals surface area (Å²) in [5.41, 5.74) is -0.844. The summed E-state index contributed by atoms with van der Waals surface area (Å²) in [6, 6.07) is 6.98. The maximum atomic E-state index is 14.4. The normalized spacial score (nSPS) is 27.7. The topological polar surface area (TPSA) is 174 Å². The summed E-state index contributed by atoms with van der Waals surface area (Å²) in [6.07, 6.45) is 13.1. The van der Waals surface area contributed by atoms with Crippen LogP contribution in [0.5, 0.6) is 11.5 Å². The third kappa shape index (κ3) is 7.35. The highest BCUT2D eigenvalue weighted by atomic mass is 16.6. The van der Waals surface area contributed by atoms with E-state index in [4.69, 9.17) is 19.2 Å². The lowest BCUT2D eigenvalue weighted by molar-refractivity contribution is -0.145. The van der Waals surface area contributed by atoms with Crippen molar-refractivity contribution in [3.63, 3.8) is 0 Å². The van der Waals surface area contributed by atoms with Crippen molar-refractivity contribution in [2.45, 2.75) is 100 Å². The van der Waals surface area contributed by atoms with Crippen LogP contribution in [0.2, 0.25) is 0 Å². The lowest BCUT2D eigenvalue weighted by Gasteiger charge is -2.29. The van der Waals surface area contributed by atoms with Crippen LogP contribution in [0, 0.1) is 5.92 Å². The summed E-state index contributed by atoms with van der Waals surface area (Å²) >= 11 is 0. The molecule has 4 heterocycles. The fourth-order valence-electron chi connectivity index (χ4n) is 7.57. The average molecular weight is 701 g/mol. The third-order valence-electron chi connectivity index (χ3n) is 10.5. The van der Waals surface area contributed by atoms with E-state index in [0.29, 0.717) is 41.1 Å². The standard InChI is InChI=1S/C37H44N6O8/c1-49-25-14-15-27-29(18-25)39-32(43-17-9-16-38-43)20-31(27)50-26-19-30-33(44)41-37(35(46)47)21-23(37)10-5-3-2-4-6-13-28(34(45)42(30)22-26)40-36(48)51-24-11-7-8-12-24/h5,9-10,14-18,20,23-24,26,28,30H,2-4,6-8,11-13,19,21-22H2,1H3,(H,40,48)(H,41,44)(H,46,47)/b10-5-/t23-,26+,28-,30-,37+/m0/s1. The number of carboxylic acid groups (broad SMARTS) is 1. The van der Waals surface area contributed by atoms with Crippen molar-refractivity contribution >= 4 is 34.8 Å². The largest absolute Gasteiger partial charge is 0.497 e. The van der Waals surface area contributed by atoms with Gasteiger partial charge in [0.15, 0.2) is 5.82 Å². The molecule has 14 heteroatoms. The zero-order chi connectivity index (χ0) is 35.5. The molecule has 2 aliphatic carbocycles. The van der Waals surface area contributed by atoms with Crippen LogP contribution in [0.25, 0.3) is 16.7 Å². The van der Waals surface area contributed by atoms with Gasteiger partial charge in [-0.25, -0.2) is 19.3 Å². The van der Waals surface area contributed by atoms with Gasteiger partial charge >= 0.3 is 12.1 Å². The van der Waals surface area contributed by atoms with Crippen molar-refractivity contribution in [3.05, 3.63) is 54.9 Å². The first-order valence-electron chi connectivity index (χ1n) is 17.9. The molecule has 0 bridgehead atoms. The number of carbonyl (C=O) groups excluding carboxylic acids is 3. The summed E-state index contributed by atoms with van der Waals surface area (Å²) in [5, 5.41) is 20.8. The van der Waals surface area contributed by atoms with Gasteiger partial charge in [-0.05, 0) is 69.6 Å². The molecule has 3 fully saturated rings. The fraction of sp³-hybridized carbons (Fsp3) is 0.514. The minimum atomic E-state index is -1.44. The number of rotatable bonds is 7. The predicted octanol–water partition coefficient (Wildman–Crippen LogP) is 4.29. The lowest BCUT2D eigenvalue weighted by atomic mass is 10.0. The number of pyridine rings is 1. The van der Waals surface area contributed by atoms with Crippen molar-refractivity contribution in [3.8, 4) is 17.3 Å². The number of nitrogens with zero attached hydrogens (tertiary/aromatic N) is 4. The molecule has 1 saturated heterocycles. The van der Waals surface area contributed by atoms with Crippen molar-refractivity contribution in [1.29, 1.82) is 0 Å². The zero-order valence-electron chi connectivity index (χ0n) is 28.7. The highest BCUT2D eigenvalue weighted by molar-refractivity contribution is 5.96. The van der Waals surface area contributed by atoms with Crippen LogP contribution in [-0.4, -0.2) is 92.1 Å². The maximum Gasteiger partial charge on any atom is 0.408 e. The Bertz CT molecular complexity index is 1810. The molecule has 4 aliphatic rings. The van der Waals surface area contributed by atoms with E-state index in [1.54, 1.807) is 48.5 Å². The van der Waals surface area contributed by atoms with Crippen LogP contribution in [-0.2, 0) is 19.1 Å². The van der Waals surface area contributed by atoms with Gasteiger partial charge in [-0.15, -0.1) is 0 Å². The number of carboxylic acids is 1. The van der Waals surface area contributed by atoms with Crippen LogP contribution in [0.3, 0.4) is 0 Å². The number of hydrogen-bond acceptors (Lipinski definition) is 9. The van der Waals surface area contributed by atoms with Gasteiger partial charge < -0.3 is 34.9 Å². The molecule has 270 valence electrons. The number of fused-ring (bicyclic) bond motifs is 3. The van der Waals surface area contributed by atoms with E-state index in [0.717, 1.165) is 44.9 Å². The van der Waals surface area contributed by atoms with Crippen molar-refractivity contribution in [2.75, 3.05) is 13.7 Å². The number of amides is 3. The maximum absolute atomic E-state index is 14.4. The number of alkyl carbamates (subject to hydrolysis) is 1. The SMILES string of the molecule is COc1ccc2c(O[C@@H]3C[C@H]4C(=O)N[C@]5(C(=O)O)C[C@@H]5/C=C\CCCCC[C@H](NC(=O)OC5CCCC5)C(=O)N4C3)cc(-n3cccn3)nc2c1. The van der Waals surface area contributed by atoms with Gasteiger partial charge in [-0.3, -0.25) is 9.59 Å². The van der Waals surface area contributed by atoms with Crippen LogP contribution < -0.4 is 20.1 Å². The molecule has 14 nitrogen and oxygen atoms in total. The Labute approximate surface area is 295 Å². The molecular weight excluding hydrogens is 656 g/mol. The first-order chi connectivity index (χ1) is 24.7. The highest BCUT2D eigenvalue weighted by Crippen LogP contribution is 2.45. The summed E-state index contributed by atoms with van der Waals surface area (Å²) in [7, 11) is 1.57. The molecule has 3 amide bonds. The Balaban J connectivity index is 1.20. The molecular formula is C37H44N6O8. The Morgan fingerprint density at radius 3 is 2.65 bits per heavy atom. The smallest absolute Gasteiger partial charge is 0.408 e. The molecule has 5 atom stereocenters. The molecule has 2 aliphatic heterocycles. The van der Waals surface area contributed by atoms with Gasteiger partial charge in [0.05, 0.1) is 19.2 Å². The molecule has 3 aromatic rings. The Hall–Kier alpha value is -5.14. The van der Waals surface area contributed by atoms with Gasteiger partial charge in [0.1, 0.15) is 41.3 Å². The molecule has 0 radical (unpaired) electrons. The molecule has 2 aromatic heterocycles. The van der Waals surface area contributed by atoms with Gasteiger partial charge in [0.2, 0.25) is 11.8 Å². The number of allylic oxidation sites excluding steroid dienone is 1. The van der Waals surface area contributed by atoms with Crippen molar-refractivity contribution < 1.29 is 38.5 Å². The molecule has 7 rings (SSSR count). The van der Waals surface area contributed by atoms with Crippen LogP contribution >= 0.6 is 0 Å². The number of benzene rings is 1. The highest BCUT2D eigenvalue weighted by Gasteiger charge is 2.61. The molecule has 1 aromatic carbocycles. The van der Waals surface area contributed by atoms with E-state index in [9.17, 15) is 24.3 Å². The quantitative estimate of drug-likeness (QED) is 0.302. The second-order valence-corrected chi connectivity index (χ2v) is 13.9. The predicted molar refractivity (Wildman–Crippen MR) is 184 cm³/mol. The Kier molecular flexibility index (Phi) is 9.83. The van der Waals surface area contributed by atoms with Crippen LogP contribution in [0.4, 0.5) is 4.79 Å². The van der Waals surface area contributed by atoms with E-state index in [2.05, 4.69) is 15.7 Å². The van der Waals surface area contributed by atoms with Crippen LogP contribution in [0.15, 0.2) is 54.9 Å². The summed E-state index contributed by atoms with van der Waals surface area (Å²) in [5.74, 6) is -0.887. The number of aliphatic carboxylic acids is 1. The minimum Gasteiger partial charge on any atom is -0.497 e. The van der Waals surface area contributed by atoms with Gasteiger partial charge in [-0.2, -0.15) is 5.10 Å². The second-order valence-electron chi connectivity index (χ2n) is 13.9. The minimum absolute atomic E-state index is 0.0350. The third-order valence-corrected chi connectivity index (χ3v) is 10.5. The molecule has 0 spiro atoms. The van der Waals surface area contributed by atoms with E-state index in [-0.39, 0.29) is 31.4 Å².